The Morgan fingerprint density at radius 2 is 1.65 bits per heavy atom. The summed E-state index contributed by atoms with van der Waals surface area (Å²) in [4.78, 5) is 12.6. The molecule has 0 bridgehead atoms. The van der Waals surface area contributed by atoms with Crippen LogP contribution in [0.3, 0.4) is 0 Å². The molecule has 0 spiro atoms. The second-order valence-corrected chi connectivity index (χ2v) is 8.19. The van der Waals surface area contributed by atoms with Gasteiger partial charge in [0.05, 0.1) is 19.3 Å². The van der Waals surface area contributed by atoms with Crippen molar-refractivity contribution in [1.29, 1.82) is 0 Å². The van der Waals surface area contributed by atoms with Gasteiger partial charge in [-0.3, -0.25) is 4.79 Å². The van der Waals surface area contributed by atoms with Gasteiger partial charge in [-0.25, -0.2) is 8.78 Å². The van der Waals surface area contributed by atoms with Gasteiger partial charge in [0.25, 0.3) is 0 Å². The maximum Gasteiger partial charge on any atom is 0.220 e. The van der Waals surface area contributed by atoms with Gasteiger partial charge in [-0.15, -0.1) is 0 Å². The monoisotopic (exact) mass is 468 g/mol. The van der Waals surface area contributed by atoms with E-state index in [1.807, 2.05) is 54.6 Å². The molecule has 3 rings (SSSR count). The van der Waals surface area contributed by atoms with E-state index in [1.165, 1.54) is 12.1 Å². The summed E-state index contributed by atoms with van der Waals surface area (Å²) in [6.07, 6.45) is -0.0916. The molecule has 2 unspecified atom stereocenters. The van der Waals surface area contributed by atoms with E-state index in [2.05, 4.69) is 10.6 Å². The number of rotatable bonds is 12. The largest absolute Gasteiger partial charge is 0.497 e. The van der Waals surface area contributed by atoms with Crippen LogP contribution in [-0.2, 0) is 24.2 Å². The van der Waals surface area contributed by atoms with E-state index < -0.39 is 23.8 Å². The molecule has 0 saturated carbocycles. The van der Waals surface area contributed by atoms with Crippen molar-refractivity contribution in [2.24, 2.45) is 0 Å². The Morgan fingerprint density at radius 3 is 2.35 bits per heavy atom. The average molecular weight is 469 g/mol. The van der Waals surface area contributed by atoms with Crippen LogP contribution < -0.4 is 15.4 Å². The highest BCUT2D eigenvalue weighted by atomic mass is 19.1. The van der Waals surface area contributed by atoms with Gasteiger partial charge >= 0.3 is 0 Å². The van der Waals surface area contributed by atoms with Crippen LogP contribution in [0.4, 0.5) is 8.78 Å². The molecule has 3 aromatic rings. The zero-order valence-electron chi connectivity index (χ0n) is 19.1. The molecule has 3 aromatic carbocycles. The second-order valence-electron chi connectivity index (χ2n) is 8.19. The maximum atomic E-state index is 13.7. The van der Waals surface area contributed by atoms with Crippen LogP contribution in [0, 0.1) is 11.6 Å². The predicted octanol–water partition coefficient (Wildman–Crippen LogP) is 3.78. The second kappa shape index (κ2) is 12.8. The molecule has 0 radical (unpaired) electrons. The van der Waals surface area contributed by atoms with E-state index >= 15 is 0 Å². The van der Waals surface area contributed by atoms with E-state index in [0.717, 1.165) is 22.9 Å². The molecule has 0 aliphatic heterocycles. The van der Waals surface area contributed by atoms with Gasteiger partial charge in [0.15, 0.2) is 0 Å². The lowest BCUT2D eigenvalue weighted by Gasteiger charge is -2.25. The predicted molar refractivity (Wildman–Crippen MR) is 127 cm³/mol. The smallest absolute Gasteiger partial charge is 0.220 e. The molecule has 34 heavy (non-hydrogen) atoms. The molecule has 3 N–H and O–H groups in total. The first kappa shape index (κ1) is 25.3. The van der Waals surface area contributed by atoms with E-state index in [1.54, 1.807) is 7.11 Å². The molecule has 0 fully saturated rings. The Kier molecular flexibility index (Phi) is 9.55. The molecule has 7 heteroatoms. The molecule has 0 aliphatic carbocycles. The van der Waals surface area contributed by atoms with Crippen LogP contribution in [0.5, 0.6) is 5.75 Å². The van der Waals surface area contributed by atoms with Crippen LogP contribution in [0.1, 0.15) is 23.1 Å². The van der Waals surface area contributed by atoms with Crippen molar-refractivity contribution >= 4 is 5.91 Å². The molecule has 0 saturated heterocycles. The SMILES string of the molecule is COc1cccc(CNCC(O)C(Cc2cc(F)cc(F)c2)NC(=O)CCc2ccccc2)c1. The van der Waals surface area contributed by atoms with Crippen LogP contribution in [0.25, 0.3) is 0 Å². The highest BCUT2D eigenvalue weighted by Gasteiger charge is 2.22. The number of aliphatic hydroxyl groups excluding tert-OH is 1. The number of halogens is 2. The number of aryl methyl sites for hydroxylation is 1. The van der Waals surface area contributed by atoms with Gasteiger partial charge in [0, 0.05) is 25.6 Å². The van der Waals surface area contributed by atoms with Gasteiger partial charge in [0.1, 0.15) is 17.4 Å². The van der Waals surface area contributed by atoms with Crippen LogP contribution >= 0.6 is 0 Å². The lowest BCUT2D eigenvalue weighted by molar-refractivity contribution is -0.122. The first-order valence-electron chi connectivity index (χ1n) is 11.2. The summed E-state index contributed by atoms with van der Waals surface area (Å²) in [5.74, 6) is -0.904. The summed E-state index contributed by atoms with van der Waals surface area (Å²) in [5, 5.41) is 16.8. The lowest BCUT2D eigenvalue weighted by atomic mass is 10.00. The van der Waals surface area contributed by atoms with Gasteiger partial charge in [-0.2, -0.15) is 0 Å². The Bertz CT molecular complexity index is 1040. The zero-order valence-corrected chi connectivity index (χ0v) is 19.1. The van der Waals surface area contributed by atoms with Gasteiger partial charge in [-0.1, -0.05) is 42.5 Å². The Balaban J connectivity index is 1.62. The van der Waals surface area contributed by atoms with Crippen LogP contribution in [-0.4, -0.2) is 36.8 Å². The quantitative estimate of drug-likeness (QED) is 0.378. The highest BCUT2D eigenvalue weighted by Crippen LogP contribution is 2.14. The van der Waals surface area contributed by atoms with Gasteiger partial charge in [0.2, 0.25) is 5.91 Å². The molecule has 2 atom stereocenters. The summed E-state index contributed by atoms with van der Waals surface area (Å²) in [5.41, 5.74) is 2.36. The minimum atomic E-state index is -0.974. The number of hydrogen-bond acceptors (Lipinski definition) is 4. The number of carbonyl (C=O) groups is 1. The number of ether oxygens (including phenoxy) is 1. The minimum Gasteiger partial charge on any atom is -0.497 e. The Labute approximate surface area is 198 Å². The third-order valence-corrected chi connectivity index (χ3v) is 5.49. The first-order chi connectivity index (χ1) is 16.4. The highest BCUT2D eigenvalue weighted by molar-refractivity contribution is 5.76. The molecule has 0 aromatic heterocycles. The number of hydrogen-bond donors (Lipinski definition) is 3. The normalized spacial score (nSPS) is 12.7. The van der Waals surface area contributed by atoms with Crippen molar-refractivity contribution in [3.05, 3.63) is 101 Å². The summed E-state index contributed by atoms with van der Waals surface area (Å²) in [6.45, 7) is 0.663. The zero-order chi connectivity index (χ0) is 24.3. The van der Waals surface area contributed by atoms with Crippen LogP contribution in [0.15, 0.2) is 72.8 Å². The molecule has 0 heterocycles. The average Bonchev–Trinajstić information content (AvgIpc) is 2.82. The number of nitrogens with one attached hydrogen (secondary N) is 2. The molecular formula is C27H30F2N2O3. The number of amides is 1. The summed E-state index contributed by atoms with van der Waals surface area (Å²) < 4.78 is 32.6. The Morgan fingerprint density at radius 1 is 0.941 bits per heavy atom. The molecule has 0 aliphatic rings. The van der Waals surface area contributed by atoms with Crippen molar-refractivity contribution in [3.63, 3.8) is 0 Å². The van der Waals surface area contributed by atoms with Gasteiger partial charge in [-0.05, 0) is 53.8 Å². The summed E-state index contributed by atoms with van der Waals surface area (Å²) in [7, 11) is 1.59. The van der Waals surface area contributed by atoms with Crippen molar-refractivity contribution in [2.45, 2.75) is 38.0 Å². The topological polar surface area (TPSA) is 70.6 Å². The summed E-state index contributed by atoms with van der Waals surface area (Å²) >= 11 is 0. The fraction of sp³-hybridized carbons (Fsp3) is 0.296. The standard InChI is InChI=1S/C27H30F2N2O3/c1-34-24-9-5-8-20(14-24)17-30-18-26(32)25(15-21-12-22(28)16-23(29)13-21)31-27(33)11-10-19-6-3-2-4-7-19/h2-9,12-14,16,25-26,30,32H,10-11,15,17-18H2,1H3,(H,31,33). The maximum absolute atomic E-state index is 13.7. The third kappa shape index (κ3) is 8.24. The molecule has 180 valence electrons. The number of benzene rings is 3. The van der Waals surface area contributed by atoms with Crippen molar-refractivity contribution in [1.82, 2.24) is 10.6 Å². The lowest BCUT2D eigenvalue weighted by Crippen LogP contribution is -2.48. The molecule has 1 amide bonds. The van der Waals surface area contributed by atoms with Gasteiger partial charge < -0.3 is 20.5 Å². The van der Waals surface area contributed by atoms with E-state index in [-0.39, 0.29) is 25.3 Å². The number of carbonyl (C=O) groups excluding carboxylic acids is 1. The third-order valence-electron chi connectivity index (χ3n) is 5.49. The minimum absolute atomic E-state index is 0.0910. The fourth-order valence-electron chi connectivity index (χ4n) is 3.74. The van der Waals surface area contributed by atoms with E-state index in [4.69, 9.17) is 4.74 Å². The number of methoxy groups -OCH3 is 1. The van der Waals surface area contributed by atoms with E-state index in [9.17, 15) is 18.7 Å². The van der Waals surface area contributed by atoms with Crippen LogP contribution in [0.2, 0.25) is 0 Å². The molecular weight excluding hydrogens is 438 g/mol. The van der Waals surface area contributed by atoms with E-state index in [0.29, 0.717) is 18.5 Å². The fourth-order valence-corrected chi connectivity index (χ4v) is 3.74. The Hall–Kier alpha value is -3.29. The van der Waals surface area contributed by atoms with Crippen molar-refractivity contribution in [3.8, 4) is 5.75 Å². The number of aliphatic hydroxyl groups is 1. The molecule has 5 nitrogen and oxygen atoms in total. The summed E-state index contributed by atoms with van der Waals surface area (Å²) in [6, 6.07) is 19.6. The van der Waals surface area contributed by atoms with Crippen molar-refractivity contribution in [2.75, 3.05) is 13.7 Å². The van der Waals surface area contributed by atoms with Crippen molar-refractivity contribution < 1.29 is 23.4 Å². The first-order valence-corrected chi connectivity index (χ1v) is 11.2.